The summed E-state index contributed by atoms with van der Waals surface area (Å²) < 4.78 is 25.4. The van der Waals surface area contributed by atoms with Gasteiger partial charge in [0.1, 0.15) is 0 Å². The number of carboxylic acids is 1. The number of benzene rings is 2. The fourth-order valence-electron chi connectivity index (χ4n) is 2.92. The van der Waals surface area contributed by atoms with E-state index in [1.165, 1.54) is 12.1 Å². The van der Waals surface area contributed by atoms with Crippen LogP contribution in [0.25, 0.3) is 0 Å². The van der Waals surface area contributed by atoms with E-state index in [1.807, 2.05) is 31.2 Å². The van der Waals surface area contributed by atoms with Gasteiger partial charge in [-0.3, -0.25) is 4.79 Å². The Morgan fingerprint density at radius 1 is 1.00 bits per heavy atom. The van der Waals surface area contributed by atoms with Gasteiger partial charge in [0, 0.05) is 5.92 Å². The third kappa shape index (κ3) is 2.41. The first-order valence-corrected chi connectivity index (χ1v) is 8.56. The van der Waals surface area contributed by atoms with Crippen molar-refractivity contribution < 1.29 is 18.3 Å². The number of rotatable bonds is 4. The maximum Gasteiger partial charge on any atom is 0.308 e. The first-order chi connectivity index (χ1) is 10.4. The van der Waals surface area contributed by atoms with E-state index >= 15 is 0 Å². The summed E-state index contributed by atoms with van der Waals surface area (Å²) in [4.78, 5) is 11.6. The van der Waals surface area contributed by atoms with Crippen LogP contribution in [0, 0.1) is 12.8 Å². The van der Waals surface area contributed by atoms with Crippen molar-refractivity contribution in [2.45, 2.75) is 23.0 Å². The number of hydrogen-bond donors (Lipinski definition) is 1. The molecule has 5 heteroatoms. The summed E-state index contributed by atoms with van der Waals surface area (Å²) in [5, 5.41) is 8.46. The minimum atomic E-state index is -3.65. The Morgan fingerprint density at radius 2 is 1.59 bits per heavy atom. The van der Waals surface area contributed by atoms with E-state index in [0.29, 0.717) is 0 Å². The third-order valence-electron chi connectivity index (χ3n) is 4.13. The van der Waals surface area contributed by atoms with Crippen molar-refractivity contribution in [3.05, 3.63) is 65.7 Å². The van der Waals surface area contributed by atoms with E-state index in [0.717, 1.165) is 11.1 Å². The van der Waals surface area contributed by atoms with Gasteiger partial charge in [0.15, 0.2) is 9.84 Å². The predicted molar refractivity (Wildman–Crippen MR) is 82.5 cm³/mol. The van der Waals surface area contributed by atoms with Crippen molar-refractivity contribution in [2.75, 3.05) is 0 Å². The van der Waals surface area contributed by atoms with E-state index in [-0.39, 0.29) is 4.90 Å². The molecule has 22 heavy (non-hydrogen) atoms. The molecule has 1 fully saturated rings. The monoisotopic (exact) mass is 316 g/mol. The lowest BCUT2D eigenvalue weighted by atomic mass is 10.1. The minimum absolute atomic E-state index is 0.181. The highest BCUT2D eigenvalue weighted by Gasteiger charge is 2.63. The molecule has 0 aromatic heterocycles. The fourth-order valence-corrected chi connectivity index (χ4v) is 5.06. The zero-order chi connectivity index (χ0) is 15.9. The maximum atomic E-state index is 12.7. The van der Waals surface area contributed by atoms with Crippen molar-refractivity contribution in [1.29, 1.82) is 0 Å². The molecule has 0 heterocycles. The highest BCUT2D eigenvalue weighted by molar-refractivity contribution is 7.92. The SMILES string of the molecule is Cc1ccc(C2C(C(=O)O)C2S(=O)(=O)c2ccccc2)cc1. The molecular formula is C17H16O4S. The van der Waals surface area contributed by atoms with Crippen LogP contribution in [0.1, 0.15) is 17.0 Å². The molecule has 1 saturated carbocycles. The van der Waals surface area contributed by atoms with Gasteiger partial charge in [0.2, 0.25) is 0 Å². The molecule has 0 bridgehead atoms. The molecule has 0 saturated heterocycles. The molecule has 0 radical (unpaired) electrons. The second kappa shape index (κ2) is 5.25. The number of aryl methyl sites for hydroxylation is 1. The largest absolute Gasteiger partial charge is 0.481 e. The molecule has 114 valence electrons. The lowest BCUT2D eigenvalue weighted by molar-refractivity contribution is -0.138. The van der Waals surface area contributed by atoms with Crippen LogP contribution < -0.4 is 0 Å². The number of carbonyl (C=O) groups is 1. The topological polar surface area (TPSA) is 71.4 Å². The zero-order valence-electron chi connectivity index (χ0n) is 12.0. The van der Waals surface area contributed by atoms with E-state index in [4.69, 9.17) is 0 Å². The summed E-state index contributed by atoms with van der Waals surface area (Å²) in [7, 11) is -3.65. The highest BCUT2D eigenvalue weighted by atomic mass is 32.2. The smallest absolute Gasteiger partial charge is 0.308 e. The molecule has 0 spiro atoms. The summed E-state index contributed by atoms with van der Waals surface area (Å²) in [5.74, 6) is -2.42. The molecule has 1 aliphatic carbocycles. The maximum absolute atomic E-state index is 12.7. The minimum Gasteiger partial charge on any atom is -0.481 e. The van der Waals surface area contributed by atoms with Gasteiger partial charge in [-0.05, 0) is 24.6 Å². The Bertz CT molecular complexity index is 794. The van der Waals surface area contributed by atoms with E-state index in [1.54, 1.807) is 18.2 Å². The fraction of sp³-hybridized carbons (Fsp3) is 0.235. The molecule has 0 aliphatic heterocycles. The van der Waals surface area contributed by atoms with Crippen molar-refractivity contribution in [1.82, 2.24) is 0 Å². The molecule has 2 aromatic carbocycles. The number of aliphatic carboxylic acids is 1. The Balaban J connectivity index is 1.99. The second-order valence-corrected chi connectivity index (χ2v) is 7.73. The van der Waals surface area contributed by atoms with Crippen LogP contribution in [0.4, 0.5) is 0 Å². The van der Waals surface area contributed by atoms with Gasteiger partial charge in [-0.2, -0.15) is 0 Å². The van der Waals surface area contributed by atoms with Crippen molar-refractivity contribution in [2.24, 2.45) is 5.92 Å². The second-order valence-electron chi connectivity index (χ2n) is 5.62. The normalized spacial score (nSPS) is 24.0. The van der Waals surface area contributed by atoms with E-state index < -0.39 is 32.9 Å². The van der Waals surface area contributed by atoms with Crippen LogP contribution >= 0.6 is 0 Å². The number of hydrogen-bond acceptors (Lipinski definition) is 3. The van der Waals surface area contributed by atoms with Crippen molar-refractivity contribution in [3.8, 4) is 0 Å². The Kier molecular flexibility index (Phi) is 3.53. The quantitative estimate of drug-likeness (QED) is 0.941. The number of carboxylic acid groups (broad SMARTS) is 1. The molecule has 4 nitrogen and oxygen atoms in total. The summed E-state index contributed by atoms with van der Waals surface area (Å²) in [5.41, 5.74) is 1.82. The van der Waals surface area contributed by atoms with Gasteiger partial charge < -0.3 is 5.11 Å². The van der Waals surface area contributed by atoms with Crippen molar-refractivity contribution in [3.63, 3.8) is 0 Å². The van der Waals surface area contributed by atoms with Crippen molar-refractivity contribution >= 4 is 15.8 Å². The summed E-state index contributed by atoms with van der Waals surface area (Å²) in [6.07, 6.45) is 0. The number of sulfone groups is 1. The van der Waals surface area contributed by atoms with Gasteiger partial charge in [-0.15, -0.1) is 0 Å². The summed E-state index contributed by atoms with van der Waals surface area (Å²) in [6, 6.07) is 15.4. The predicted octanol–water partition coefficient (Wildman–Crippen LogP) is 2.64. The van der Waals surface area contributed by atoms with E-state index in [2.05, 4.69) is 0 Å². The van der Waals surface area contributed by atoms with Crippen LogP contribution in [0.15, 0.2) is 59.5 Å². The Hall–Kier alpha value is -2.14. The molecule has 3 rings (SSSR count). The summed E-state index contributed by atoms with van der Waals surface area (Å²) in [6.45, 7) is 1.93. The first-order valence-electron chi connectivity index (χ1n) is 7.01. The highest BCUT2D eigenvalue weighted by Crippen LogP contribution is 2.54. The van der Waals surface area contributed by atoms with E-state index in [9.17, 15) is 18.3 Å². The lowest BCUT2D eigenvalue weighted by Gasteiger charge is -2.04. The zero-order valence-corrected chi connectivity index (χ0v) is 12.8. The van der Waals surface area contributed by atoms with Crippen LogP contribution in [-0.4, -0.2) is 24.7 Å². The molecule has 1 aliphatic rings. The van der Waals surface area contributed by atoms with Gasteiger partial charge in [-0.1, -0.05) is 48.0 Å². The van der Waals surface area contributed by atoms with Gasteiger partial charge in [0.05, 0.1) is 16.1 Å². The Labute approximate surface area is 129 Å². The lowest BCUT2D eigenvalue weighted by Crippen LogP contribution is -2.13. The van der Waals surface area contributed by atoms with Crippen LogP contribution in [0.5, 0.6) is 0 Å². The van der Waals surface area contributed by atoms with Crippen LogP contribution in [0.3, 0.4) is 0 Å². The molecular weight excluding hydrogens is 300 g/mol. The average Bonchev–Trinajstić information content (AvgIpc) is 3.25. The standard InChI is InChI=1S/C17H16O4S/c1-11-7-9-12(10-8-11)14-15(17(18)19)16(14)22(20,21)13-5-3-2-4-6-13/h2-10,14-16H,1H3,(H,18,19). The Morgan fingerprint density at radius 3 is 2.14 bits per heavy atom. The molecule has 0 amide bonds. The first kappa shape index (κ1) is 14.8. The van der Waals surface area contributed by atoms with Gasteiger partial charge in [-0.25, -0.2) is 8.42 Å². The average molecular weight is 316 g/mol. The molecule has 3 unspecified atom stereocenters. The third-order valence-corrected chi connectivity index (χ3v) is 6.36. The van der Waals surface area contributed by atoms with Gasteiger partial charge >= 0.3 is 5.97 Å². The molecule has 3 atom stereocenters. The molecule has 2 aromatic rings. The van der Waals surface area contributed by atoms with Crippen LogP contribution in [0.2, 0.25) is 0 Å². The molecule has 1 N–H and O–H groups in total. The summed E-state index contributed by atoms with van der Waals surface area (Å²) >= 11 is 0. The van der Waals surface area contributed by atoms with Gasteiger partial charge in [0.25, 0.3) is 0 Å². The van der Waals surface area contributed by atoms with Crippen LogP contribution in [-0.2, 0) is 14.6 Å².